The van der Waals surface area contributed by atoms with Crippen LogP contribution in [-0.2, 0) is 9.59 Å². The van der Waals surface area contributed by atoms with Gasteiger partial charge in [-0.3, -0.25) is 9.59 Å². The van der Waals surface area contributed by atoms with Gasteiger partial charge in [0.1, 0.15) is 0 Å². The molecule has 50 heavy (non-hydrogen) atoms. The molecule has 3 aliphatic rings. The van der Waals surface area contributed by atoms with Gasteiger partial charge in [0.2, 0.25) is 0 Å². The molecule has 6 nitrogen and oxygen atoms in total. The van der Waals surface area contributed by atoms with Gasteiger partial charge in [0.05, 0.1) is 28.6 Å². The van der Waals surface area contributed by atoms with Crippen molar-refractivity contribution >= 4 is 51.6 Å². The zero-order chi connectivity index (χ0) is 34.2. The number of hydrogen-bond acceptors (Lipinski definition) is 4. The van der Waals surface area contributed by atoms with Crippen LogP contribution < -0.4 is 9.80 Å². The Labute approximate surface area is 292 Å². The summed E-state index contributed by atoms with van der Waals surface area (Å²) in [5.41, 5.74) is 8.95. The quantitative estimate of drug-likeness (QED) is 0.168. The highest BCUT2D eigenvalue weighted by Gasteiger charge is 2.46. The maximum Gasteiger partial charge on any atom is 0.261 e. The van der Waals surface area contributed by atoms with E-state index < -0.39 is 0 Å². The first-order chi connectivity index (χ1) is 24.5. The first-order valence-electron chi connectivity index (χ1n) is 16.8. The molecule has 0 bridgehead atoms. The van der Waals surface area contributed by atoms with Crippen molar-refractivity contribution in [2.75, 3.05) is 23.9 Å². The van der Waals surface area contributed by atoms with Gasteiger partial charge in [0, 0.05) is 42.5 Å². The van der Waals surface area contributed by atoms with Crippen molar-refractivity contribution in [3.8, 4) is 0 Å². The van der Waals surface area contributed by atoms with Gasteiger partial charge in [-0.2, -0.15) is 0 Å². The summed E-state index contributed by atoms with van der Waals surface area (Å²) in [6.45, 7) is 0. The minimum absolute atomic E-state index is 0.173. The molecule has 5 aromatic rings. The standard InChI is InChI=1S/C44H36N4O2/c1-45-41(31-23-27-37(28-24-31)47(33-15-7-3-8-16-33)34-17-9-4-10-18-34)39-40(43(45)49)42(46(2)44(39)50)32-25-29-38(30-26-32)48(35-19-11-5-12-20-35)36-21-13-6-14-22-36/h3-21,23-30,36H,22H2,1-2H3. The first-order valence-corrected chi connectivity index (χ1v) is 16.8. The number of para-hydroxylation sites is 3. The number of nitrogens with zero attached hydrogens (tertiary/aromatic N) is 4. The van der Waals surface area contributed by atoms with Crippen LogP contribution in [0.2, 0.25) is 0 Å². The Balaban J connectivity index is 1.16. The normalized spacial score (nSPS) is 16.8. The van der Waals surface area contributed by atoms with Crippen molar-refractivity contribution in [1.29, 1.82) is 0 Å². The van der Waals surface area contributed by atoms with Crippen molar-refractivity contribution in [2.45, 2.75) is 12.5 Å². The second-order valence-corrected chi connectivity index (χ2v) is 12.6. The van der Waals surface area contributed by atoms with Crippen LogP contribution in [0.1, 0.15) is 17.5 Å². The van der Waals surface area contributed by atoms with E-state index in [0.717, 1.165) is 46.0 Å². The number of anilines is 5. The molecule has 2 amide bonds. The lowest BCUT2D eigenvalue weighted by Gasteiger charge is -2.32. The number of hydrogen-bond donors (Lipinski definition) is 0. The summed E-state index contributed by atoms with van der Waals surface area (Å²) in [4.78, 5) is 35.7. The van der Waals surface area contributed by atoms with Crippen molar-refractivity contribution in [3.63, 3.8) is 0 Å². The number of likely N-dealkylation sites (N-methyl/N-ethyl adjacent to an activating group) is 2. The van der Waals surface area contributed by atoms with E-state index in [1.54, 1.807) is 23.9 Å². The fourth-order valence-corrected chi connectivity index (χ4v) is 7.23. The zero-order valence-electron chi connectivity index (χ0n) is 28.0. The molecule has 0 spiro atoms. The molecule has 2 heterocycles. The Morgan fingerprint density at radius 3 is 1.34 bits per heavy atom. The predicted molar refractivity (Wildman–Crippen MR) is 202 cm³/mol. The number of benzene rings is 5. The van der Waals surface area contributed by atoms with Gasteiger partial charge in [-0.05, 0) is 78.2 Å². The number of fused-ring (bicyclic) bond motifs is 1. The lowest BCUT2D eigenvalue weighted by molar-refractivity contribution is -0.123. The van der Waals surface area contributed by atoms with Crippen LogP contribution in [0.4, 0.5) is 28.4 Å². The smallest absolute Gasteiger partial charge is 0.261 e. The van der Waals surface area contributed by atoms with Crippen LogP contribution in [0.15, 0.2) is 175 Å². The van der Waals surface area contributed by atoms with E-state index in [-0.39, 0.29) is 17.9 Å². The third-order valence-electron chi connectivity index (χ3n) is 9.60. The highest BCUT2D eigenvalue weighted by Crippen LogP contribution is 2.46. The second-order valence-electron chi connectivity index (χ2n) is 12.6. The summed E-state index contributed by atoms with van der Waals surface area (Å²) in [6, 6.07) is 47.2. The van der Waals surface area contributed by atoms with E-state index in [4.69, 9.17) is 0 Å². The maximum absolute atomic E-state index is 14.0. The monoisotopic (exact) mass is 652 g/mol. The fourth-order valence-electron chi connectivity index (χ4n) is 7.23. The van der Waals surface area contributed by atoms with Crippen LogP contribution in [0.5, 0.6) is 0 Å². The van der Waals surface area contributed by atoms with E-state index in [2.05, 4.69) is 94.8 Å². The Morgan fingerprint density at radius 2 is 0.900 bits per heavy atom. The molecule has 6 heteroatoms. The van der Waals surface area contributed by atoms with Crippen molar-refractivity contribution < 1.29 is 9.59 Å². The Hall–Kier alpha value is -6.40. The van der Waals surface area contributed by atoms with Gasteiger partial charge in [0.25, 0.3) is 11.8 Å². The SMILES string of the molecule is CN1C(=O)C2=C(c3ccc(N(c4ccccc4)C4C=CC=CC4)cc3)N(C)C(=O)C2=C1c1ccc(N(c2ccccc2)c2ccccc2)cc1. The first kappa shape index (κ1) is 30.9. The number of amides is 2. The fraction of sp³-hybridized carbons (Fsp3) is 0.0909. The Kier molecular flexibility index (Phi) is 7.97. The van der Waals surface area contributed by atoms with Gasteiger partial charge in [-0.15, -0.1) is 0 Å². The lowest BCUT2D eigenvalue weighted by atomic mass is 10.0. The van der Waals surface area contributed by atoms with Crippen molar-refractivity contribution in [3.05, 3.63) is 186 Å². The Bertz CT molecular complexity index is 2150. The van der Waals surface area contributed by atoms with Crippen LogP contribution in [0.3, 0.4) is 0 Å². The van der Waals surface area contributed by atoms with E-state index in [1.165, 1.54) is 0 Å². The summed E-state index contributed by atoms with van der Waals surface area (Å²) in [5.74, 6) is -0.368. The van der Waals surface area contributed by atoms with E-state index >= 15 is 0 Å². The zero-order valence-corrected chi connectivity index (χ0v) is 28.0. The van der Waals surface area contributed by atoms with Crippen LogP contribution in [0.25, 0.3) is 11.4 Å². The number of carbonyl (C=O) groups excluding carboxylic acids is 2. The molecule has 2 aliphatic heterocycles. The molecule has 244 valence electrons. The minimum atomic E-state index is -0.184. The third-order valence-corrected chi connectivity index (χ3v) is 9.60. The van der Waals surface area contributed by atoms with Crippen LogP contribution >= 0.6 is 0 Å². The molecular weight excluding hydrogens is 617 g/mol. The topological polar surface area (TPSA) is 47.1 Å². The summed E-state index contributed by atoms with van der Waals surface area (Å²) in [6.07, 6.45) is 9.47. The van der Waals surface area contributed by atoms with Gasteiger partial charge < -0.3 is 19.6 Å². The minimum Gasteiger partial charge on any atom is -0.334 e. The molecule has 1 unspecified atom stereocenters. The molecule has 0 fully saturated rings. The van der Waals surface area contributed by atoms with Crippen molar-refractivity contribution in [1.82, 2.24) is 9.80 Å². The molecule has 5 aromatic carbocycles. The summed E-state index contributed by atoms with van der Waals surface area (Å²) < 4.78 is 0. The summed E-state index contributed by atoms with van der Waals surface area (Å²) in [5, 5.41) is 0. The lowest BCUT2D eigenvalue weighted by Crippen LogP contribution is -2.29. The average molecular weight is 653 g/mol. The predicted octanol–water partition coefficient (Wildman–Crippen LogP) is 9.25. The molecule has 0 saturated carbocycles. The maximum atomic E-state index is 14.0. The molecule has 0 N–H and O–H groups in total. The molecule has 0 radical (unpaired) electrons. The molecule has 0 saturated heterocycles. The van der Waals surface area contributed by atoms with E-state index in [0.29, 0.717) is 22.5 Å². The largest absolute Gasteiger partial charge is 0.334 e. The van der Waals surface area contributed by atoms with Gasteiger partial charge in [-0.25, -0.2) is 0 Å². The van der Waals surface area contributed by atoms with E-state index in [1.807, 2.05) is 78.9 Å². The van der Waals surface area contributed by atoms with Crippen LogP contribution in [0, 0.1) is 0 Å². The van der Waals surface area contributed by atoms with Gasteiger partial charge in [-0.1, -0.05) is 103 Å². The number of carbonyl (C=O) groups is 2. The molecule has 1 aliphatic carbocycles. The van der Waals surface area contributed by atoms with E-state index in [9.17, 15) is 9.59 Å². The Morgan fingerprint density at radius 1 is 0.500 bits per heavy atom. The molecule has 8 rings (SSSR count). The highest BCUT2D eigenvalue weighted by atomic mass is 16.2. The van der Waals surface area contributed by atoms with Crippen molar-refractivity contribution in [2.24, 2.45) is 0 Å². The highest BCUT2D eigenvalue weighted by molar-refractivity contribution is 6.30. The average Bonchev–Trinajstić information content (AvgIpc) is 3.58. The summed E-state index contributed by atoms with van der Waals surface area (Å²) >= 11 is 0. The molecule has 1 atom stereocenters. The van der Waals surface area contributed by atoms with Gasteiger partial charge in [0.15, 0.2) is 0 Å². The molecular formula is C44H36N4O2. The molecule has 0 aromatic heterocycles. The third kappa shape index (κ3) is 5.31. The number of allylic oxidation sites excluding steroid dienone is 2. The number of rotatable bonds is 8. The second kappa shape index (κ2) is 12.9. The van der Waals surface area contributed by atoms with Gasteiger partial charge >= 0.3 is 0 Å². The summed E-state index contributed by atoms with van der Waals surface area (Å²) in [7, 11) is 3.51. The van der Waals surface area contributed by atoms with Crippen LogP contribution in [-0.4, -0.2) is 41.8 Å².